The van der Waals surface area contributed by atoms with E-state index in [1.165, 1.54) is 5.69 Å². The highest BCUT2D eigenvalue weighted by Gasteiger charge is 2.31. The van der Waals surface area contributed by atoms with Crippen LogP contribution in [0.3, 0.4) is 0 Å². The Hall–Kier alpha value is -2.63. The van der Waals surface area contributed by atoms with Crippen molar-refractivity contribution in [2.75, 3.05) is 13.3 Å². The van der Waals surface area contributed by atoms with Crippen LogP contribution in [0.15, 0.2) is 36.5 Å². The van der Waals surface area contributed by atoms with E-state index in [-0.39, 0.29) is 18.9 Å². The first-order chi connectivity index (χ1) is 11.7. The predicted molar refractivity (Wildman–Crippen MR) is 88.9 cm³/mol. The maximum atomic E-state index is 12.6. The number of nitrogens with zero attached hydrogens (tertiary/aromatic N) is 2. The Morgan fingerprint density at radius 2 is 2.17 bits per heavy atom. The molecule has 1 aromatic carbocycles. The van der Waals surface area contributed by atoms with Crippen molar-refractivity contribution in [1.82, 2.24) is 14.8 Å². The molecule has 4 rings (SSSR count). The van der Waals surface area contributed by atoms with E-state index >= 15 is 0 Å². The molecule has 6 heteroatoms. The molecule has 3 heterocycles. The molecular formula is C18H21N3O3. The SMILES string of the molecule is Cn1cccc1[C@H]1CCCN1C(=O)NCc1ccc2c(c1)OCO2. The second-order valence-corrected chi connectivity index (χ2v) is 6.24. The molecule has 24 heavy (non-hydrogen) atoms. The predicted octanol–water partition coefficient (Wildman–Crippen LogP) is 2.80. The number of likely N-dealkylation sites (tertiary alicyclic amines) is 1. The third-order valence-corrected chi connectivity index (χ3v) is 4.72. The Bertz CT molecular complexity index is 756. The molecule has 2 amide bonds. The van der Waals surface area contributed by atoms with Crippen LogP contribution in [0.2, 0.25) is 0 Å². The van der Waals surface area contributed by atoms with Crippen molar-refractivity contribution < 1.29 is 14.3 Å². The summed E-state index contributed by atoms with van der Waals surface area (Å²) in [7, 11) is 2.02. The number of urea groups is 1. The van der Waals surface area contributed by atoms with Crippen LogP contribution in [-0.2, 0) is 13.6 Å². The van der Waals surface area contributed by atoms with Crippen molar-refractivity contribution in [2.45, 2.75) is 25.4 Å². The van der Waals surface area contributed by atoms with Gasteiger partial charge in [-0.2, -0.15) is 0 Å². The minimum atomic E-state index is -0.0173. The minimum absolute atomic E-state index is 0.0173. The van der Waals surface area contributed by atoms with Gasteiger partial charge in [-0.3, -0.25) is 0 Å². The number of aryl methyl sites for hydroxylation is 1. The highest BCUT2D eigenvalue weighted by Crippen LogP contribution is 2.33. The fourth-order valence-electron chi connectivity index (χ4n) is 3.47. The molecule has 0 radical (unpaired) electrons. The van der Waals surface area contributed by atoms with Gasteiger partial charge in [0, 0.05) is 32.0 Å². The maximum absolute atomic E-state index is 12.6. The van der Waals surface area contributed by atoms with E-state index in [0.717, 1.165) is 36.4 Å². The average molecular weight is 327 g/mol. The first kappa shape index (κ1) is 14.9. The Morgan fingerprint density at radius 3 is 3.00 bits per heavy atom. The van der Waals surface area contributed by atoms with Gasteiger partial charge < -0.3 is 24.3 Å². The Kier molecular flexibility index (Phi) is 3.80. The number of benzene rings is 1. The number of rotatable bonds is 3. The first-order valence-corrected chi connectivity index (χ1v) is 8.26. The lowest BCUT2D eigenvalue weighted by Gasteiger charge is -2.25. The lowest BCUT2D eigenvalue weighted by molar-refractivity contribution is 0.174. The summed E-state index contributed by atoms with van der Waals surface area (Å²) < 4.78 is 12.8. The van der Waals surface area contributed by atoms with Crippen LogP contribution in [0.1, 0.15) is 30.1 Å². The van der Waals surface area contributed by atoms with Gasteiger partial charge >= 0.3 is 6.03 Å². The molecule has 1 atom stereocenters. The molecule has 0 bridgehead atoms. The zero-order valence-corrected chi connectivity index (χ0v) is 13.7. The van der Waals surface area contributed by atoms with Gasteiger partial charge in [-0.25, -0.2) is 4.79 Å². The van der Waals surface area contributed by atoms with Crippen LogP contribution >= 0.6 is 0 Å². The summed E-state index contributed by atoms with van der Waals surface area (Å²) in [5, 5.41) is 3.02. The number of aromatic nitrogens is 1. The van der Waals surface area contributed by atoms with Gasteiger partial charge in [-0.1, -0.05) is 6.07 Å². The zero-order valence-electron chi connectivity index (χ0n) is 13.7. The summed E-state index contributed by atoms with van der Waals surface area (Å²) in [6, 6.07) is 10.0. The van der Waals surface area contributed by atoms with Crippen molar-refractivity contribution in [3.05, 3.63) is 47.8 Å². The smallest absolute Gasteiger partial charge is 0.318 e. The van der Waals surface area contributed by atoms with Gasteiger partial charge in [0.05, 0.1) is 6.04 Å². The number of amides is 2. The van der Waals surface area contributed by atoms with E-state index < -0.39 is 0 Å². The van der Waals surface area contributed by atoms with E-state index in [2.05, 4.69) is 16.0 Å². The van der Waals surface area contributed by atoms with Crippen molar-refractivity contribution in [3.63, 3.8) is 0 Å². The quantitative estimate of drug-likeness (QED) is 0.943. The standard InChI is InChI=1S/C18H21N3O3/c1-20-8-2-4-14(20)15-5-3-9-21(15)18(22)19-11-13-6-7-16-17(10-13)24-12-23-16/h2,4,6-8,10,15H,3,5,9,11-12H2,1H3,(H,19,22)/t15-/m1/s1. The van der Waals surface area contributed by atoms with Crippen molar-refractivity contribution in [1.29, 1.82) is 0 Å². The van der Waals surface area contributed by atoms with Gasteiger partial charge in [-0.05, 0) is 42.7 Å². The van der Waals surface area contributed by atoms with Crippen LogP contribution < -0.4 is 14.8 Å². The molecule has 2 aliphatic rings. The van der Waals surface area contributed by atoms with Gasteiger partial charge in [0.1, 0.15) is 0 Å². The van der Waals surface area contributed by atoms with Crippen LogP contribution in [0.25, 0.3) is 0 Å². The molecule has 0 spiro atoms. The topological polar surface area (TPSA) is 55.7 Å². The summed E-state index contributed by atoms with van der Waals surface area (Å²) in [5.74, 6) is 1.50. The van der Waals surface area contributed by atoms with Crippen LogP contribution in [0.4, 0.5) is 4.79 Å². The number of carbonyl (C=O) groups excluding carboxylic acids is 1. The second-order valence-electron chi connectivity index (χ2n) is 6.24. The summed E-state index contributed by atoms with van der Waals surface area (Å²) in [4.78, 5) is 14.6. The maximum Gasteiger partial charge on any atom is 0.318 e. The Balaban J connectivity index is 1.41. The fraction of sp³-hybridized carbons (Fsp3) is 0.389. The molecule has 126 valence electrons. The van der Waals surface area contributed by atoms with E-state index in [0.29, 0.717) is 6.54 Å². The van der Waals surface area contributed by atoms with Crippen LogP contribution in [0.5, 0.6) is 11.5 Å². The largest absolute Gasteiger partial charge is 0.454 e. The lowest BCUT2D eigenvalue weighted by atomic mass is 10.1. The number of carbonyl (C=O) groups is 1. The van der Waals surface area contributed by atoms with Gasteiger partial charge in [0.25, 0.3) is 0 Å². The molecule has 0 aliphatic carbocycles. The van der Waals surface area contributed by atoms with E-state index in [1.807, 2.05) is 42.4 Å². The summed E-state index contributed by atoms with van der Waals surface area (Å²) in [5.41, 5.74) is 2.19. The molecule has 0 saturated carbocycles. The van der Waals surface area contributed by atoms with Gasteiger partial charge in [0.2, 0.25) is 6.79 Å². The highest BCUT2D eigenvalue weighted by atomic mass is 16.7. The number of hydrogen-bond acceptors (Lipinski definition) is 3. The molecule has 0 unspecified atom stereocenters. The third-order valence-electron chi connectivity index (χ3n) is 4.72. The zero-order chi connectivity index (χ0) is 16.5. The average Bonchev–Trinajstić information content (AvgIpc) is 3.31. The van der Waals surface area contributed by atoms with Crippen molar-refractivity contribution >= 4 is 6.03 Å². The van der Waals surface area contributed by atoms with Crippen molar-refractivity contribution in [3.8, 4) is 11.5 Å². The van der Waals surface area contributed by atoms with Gasteiger partial charge in [0.15, 0.2) is 11.5 Å². The van der Waals surface area contributed by atoms with Crippen molar-refractivity contribution in [2.24, 2.45) is 7.05 Å². The number of fused-ring (bicyclic) bond motifs is 1. The molecule has 1 N–H and O–H groups in total. The molecule has 1 fully saturated rings. The number of nitrogens with one attached hydrogen (secondary N) is 1. The molecule has 1 aromatic heterocycles. The summed E-state index contributed by atoms with van der Waals surface area (Å²) in [6.07, 6.45) is 4.07. The monoisotopic (exact) mass is 327 g/mol. The third kappa shape index (κ3) is 2.68. The van der Waals surface area contributed by atoms with Crippen LogP contribution in [0, 0.1) is 0 Å². The molecule has 2 aliphatic heterocycles. The normalized spacial score (nSPS) is 18.9. The van der Waals surface area contributed by atoms with Crippen LogP contribution in [-0.4, -0.2) is 28.8 Å². The van der Waals surface area contributed by atoms with E-state index in [1.54, 1.807) is 0 Å². The molecule has 1 saturated heterocycles. The second kappa shape index (κ2) is 6.11. The summed E-state index contributed by atoms with van der Waals surface area (Å²) >= 11 is 0. The number of hydrogen-bond donors (Lipinski definition) is 1. The van der Waals surface area contributed by atoms with E-state index in [4.69, 9.17) is 9.47 Å². The summed E-state index contributed by atoms with van der Waals surface area (Å²) in [6.45, 7) is 1.53. The Labute approximate surface area is 141 Å². The molecular weight excluding hydrogens is 306 g/mol. The first-order valence-electron chi connectivity index (χ1n) is 8.26. The minimum Gasteiger partial charge on any atom is -0.454 e. The number of ether oxygens (including phenoxy) is 2. The Morgan fingerprint density at radius 1 is 1.29 bits per heavy atom. The lowest BCUT2D eigenvalue weighted by Crippen LogP contribution is -2.39. The fourth-order valence-corrected chi connectivity index (χ4v) is 3.47. The molecule has 2 aromatic rings. The molecule has 6 nitrogen and oxygen atoms in total. The highest BCUT2D eigenvalue weighted by molar-refractivity contribution is 5.75. The van der Waals surface area contributed by atoms with Gasteiger partial charge in [-0.15, -0.1) is 0 Å². The van der Waals surface area contributed by atoms with E-state index in [9.17, 15) is 4.79 Å².